The molecule has 286 valence electrons. The third-order valence-corrected chi connectivity index (χ3v) is 13.2. The van der Waals surface area contributed by atoms with Gasteiger partial charge in [-0.05, 0) is 87.5 Å². The van der Waals surface area contributed by atoms with Crippen molar-refractivity contribution in [1.82, 2.24) is 19.5 Å². The van der Waals surface area contributed by atoms with Crippen LogP contribution in [0.4, 0.5) is 5.13 Å². The Hall–Kier alpha value is -3.95. The minimum absolute atomic E-state index is 0.168. The first kappa shape index (κ1) is 37.4. The summed E-state index contributed by atoms with van der Waals surface area (Å²) in [6.45, 7) is 7.33. The number of amides is 3. The Bertz CT molecular complexity index is 1960. The highest BCUT2D eigenvalue weighted by molar-refractivity contribution is 7.84. The fraction of sp³-hybridized carbons (Fsp3) is 0.579. The van der Waals surface area contributed by atoms with E-state index in [0.717, 1.165) is 46.1 Å². The standard InChI is InChI=1S/C38H49N5O8S2/c1-22(2)31-21-52-37(39-31)42-19-30-23(3)32(50-5)14-13-27(30)33(20-42)51-26-16-28-29(17-26)35(45)41(4)15-9-7-6-8-10-24-18-38(24,40-34(28)44)36(46)43(25-11-12-25)53(47,48)49/h8,10,13-14,20-22,24-26,28-29H,6-7,9,11-12,15-19H2,1-5H3,(H,40,44)(H,47,48,49)/b10-8-. The first-order valence-electron chi connectivity index (χ1n) is 18.5. The Morgan fingerprint density at radius 2 is 1.92 bits per heavy atom. The van der Waals surface area contributed by atoms with Crippen LogP contribution in [-0.4, -0.2) is 83.3 Å². The topological polar surface area (TPSA) is 159 Å². The number of fused-ring (bicyclic) bond motifs is 3. The van der Waals surface area contributed by atoms with Crippen LogP contribution in [0.5, 0.6) is 5.75 Å². The lowest BCUT2D eigenvalue weighted by molar-refractivity contribution is -0.141. The fourth-order valence-electron chi connectivity index (χ4n) is 8.04. The first-order chi connectivity index (χ1) is 25.2. The predicted octanol–water partition coefficient (Wildman–Crippen LogP) is 5.18. The lowest BCUT2D eigenvalue weighted by atomic mass is 9.93. The second-order valence-corrected chi connectivity index (χ2v) is 17.6. The van der Waals surface area contributed by atoms with Crippen molar-refractivity contribution in [2.45, 2.75) is 102 Å². The van der Waals surface area contributed by atoms with E-state index in [2.05, 4.69) is 29.4 Å². The van der Waals surface area contributed by atoms with E-state index in [4.69, 9.17) is 14.5 Å². The number of anilines is 1. The van der Waals surface area contributed by atoms with E-state index in [1.54, 1.807) is 30.4 Å². The van der Waals surface area contributed by atoms with Crippen LogP contribution in [0, 0.1) is 24.7 Å². The van der Waals surface area contributed by atoms with Crippen molar-refractivity contribution in [3.63, 3.8) is 0 Å². The molecular formula is C38H49N5O8S2. The van der Waals surface area contributed by atoms with E-state index in [0.29, 0.717) is 42.4 Å². The molecule has 13 nitrogen and oxygen atoms in total. The van der Waals surface area contributed by atoms with Crippen LogP contribution in [0.15, 0.2) is 35.9 Å². The molecule has 5 aliphatic rings. The summed E-state index contributed by atoms with van der Waals surface area (Å²) in [4.78, 5) is 51.1. The van der Waals surface area contributed by atoms with Gasteiger partial charge in [0.2, 0.25) is 11.8 Å². The number of methoxy groups -OCH3 is 1. The molecule has 0 bridgehead atoms. The van der Waals surface area contributed by atoms with Gasteiger partial charge in [0.25, 0.3) is 5.91 Å². The normalized spacial score (nSPS) is 28.2. The number of carbonyl (C=O) groups is 3. The third kappa shape index (κ3) is 7.31. The second-order valence-electron chi connectivity index (χ2n) is 15.4. The molecule has 3 heterocycles. The number of carbonyl (C=O) groups excluding carboxylic acids is 3. The zero-order valence-electron chi connectivity index (χ0n) is 30.9. The molecule has 5 unspecified atom stereocenters. The van der Waals surface area contributed by atoms with Gasteiger partial charge in [-0.25, -0.2) is 9.29 Å². The molecule has 3 fully saturated rings. The van der Waals surface area contributed by atoms with Gasteiger partial charge in [0, 0.05) is 36.7 Å². The van der Waals surface area contributed by atoms with Crippen LogP contribution < -0.4 is 15.0 Å². The summed E-state index contributed by atoms with van der Waals surface area (Å²) in [5.74, 6) is -1.87. The van der Waals surface area contributed by atoms with Gasteiger partial charge >= 0.3 is 10.3 Å². The molecule has 0 radical (unpaired) electrons. The number of nitrogens with zero attached hydrogens (tertiary/aromatic N) is 4. The van der Waals surface area contributed by atoms with Crippen LogP contribution in [0.2, 0.25) is 0 Å². The van der Waals surface area contributed by atoms with Crippen molar-refractivity contribution in [2.24, 2.45) is 17.8 Å². The Morgan fingerprint density at radius 1 is 1.17 bits per heavy atom. The van der Waals surface area contributed by atoms with Crippen molar-refractivity contribution in [3.05, 3.63) is 58.2 Å². The van der Waals surface area contributed by atoms with Gasteiger partial charge in [0.1, 0.15) is 23.2 Å². The number of nitrogens with one attached hydrogen (secondary N) is 1. The maximum Gasteiger partial charge on any atom is 0.362 e. The van der Waals surface area contributed by atoms with Crippen molar-refractivity contribution in [2.75, 3.05) is 25.6 Å². The highest BCUT2D eigenvalue weighted by Crippen LogP contribution is 2.50. The van der Waals surface area contributed by atoms with Crippen LogP contribution in [-0.2, 0) is 36.0 Å². The predicted molar refractivity (Wildman–Crippen MR) is 200 cm³/mol. The number of ether oxygens (including phenoxy) is 2. The lowest BCUT2D eigenvalue weighted by Crippen LogP contribution is -2.56. The largest absolute Gasteiger partial charge is 0.496 e. The molecule has 2 N–H and O–H groups in total. The summed E-state index contributed by atoms with van der Waals surface area (Å²) in [6.07, 6.45) is 9.13. The molecule has 15 heteroatoms. The maximum atomic E-state index is 14.4. The summed E-state index contributed by atoms with van der Waals surface area (Å²) >= 11 is 1.56. The van der Waals surface area contributed by atoms with Crippen molar-refractivity contribution in [3.8, 4) is 5.75 Å². The van der Waals surface area contributed by atoms with E-state index in [-0.39, 0.29) is 31.1 Å². The third-order valence-electron chi connectivity index (χ3n) is 11.4. The highest BCUT2D eigenvalue weighted by atomic mass is 32.2. The van der Waals surface area contributed by atoms with E-state index >= 15 is 0 Å². The van der Waals surface area contributed by atoms with Gasteiger partial charge in [-0.2, -0.15) is 8.42 Å². The van der Waals surface area contributed by atoms with Gasteiger partial charge in [-0.15, -0.1) is 11.3 Å². The van der Waals surface area contributed by atoms with E-state index in [9.17, 15) is 27.4 Å². The minimum atomic E-state index is -4.85. The molecule has 1 aromatic heterocycles. The molecule has 1 aromatic carbocycles. The fourth-order valence-corrected chi connectivity index (χ4v) is 9.97. The summed E-state index contributed by atoms with van der Waals surface area (Å²) in [6, 6.07) is 3.25. The monoisotopic (exact) mass is 767 g/mol. The van der Waals surface area contributed by atoms with Crippen LogP contribution in [0.25, 0.3) is 5.76 Å². The van der Waals surface area contributed by atoms with Crippen LogP contribution in [0.1, 0.15) is 93.5 Å². The van der Waals surface area contributed by atoms with Gasteiger partial charge in [-0.1, -0.05) is 26.0 Å². The first-order valence-corrected chi connectivity index (χ1v) is 20.8. The number of rotatable bonds is 8. The minimum Gasteiger partial charge on any atom is -0.496 e. The van der Waals surface area contributed by atoms with Gasteiger partial charge in [0.15, 0.2) is 5.13 Å². The molecule has 53 heavy (non-hydrogen) atoms. The van der Waals surface area contributed by atoms with Crippen molar-refractivity contribution < 1.29 is 36.8 Å². The molecule has 5 atom stereocenters. The molecule has 3 saturated carbocycles. The smallest absolute Gasteiger partial charge is 0.362 e. The number of thiazole rings is 1. The summed E-state index contributed by atoms with van der Waals surface area (Å²) < 4.78 is 47.9. The number of aromatic nitrogens is 1. The quantitative estimate of drug-likeness (QED) is 0.271. The number of allylic oxidation sites excluding steroid dienone is 1. The van der Waals surface area contributed by atoms with Crippen LogP contribution in [0.3, 0.4) is 0 Å². The molecule has 2 aliphatic heterocycles. The van der Waals surface area contributed by atoms with E-state index < -0.39 is 57.6 Å². The van der Waals surface area contributed by atoms with E-state index in [1.165, 1.54) is 0 Å². The molecule has 2 aromatic rings. The highest BCUT2D eigenvalue weighted by Gasteiger charge is 2.65. The van der Waals surface area contributed by atoms with Crippen molar-refractivity contribution in [1.29, 1.82) is 0 Å². The molecule has 3 aliphatic carbocycles. The second kappa shape index (κ2) is 14.4. The zero-order valence-corrected chi connectivity index (χ0v) is 32.5. The molecule has 3 amide bonds. The molecule has 7 rings (SSSR count). The number of hydrogen-bond acceptors (Lipinski definition) is 10. The van der Waals surface area contributed by atoms with Crippen LogP contribution >= 0.6 is 11.3 Å². The Kier molecular flexibility index (Phi) is 10.1. The van der Waals surface area contributed by atoms with Gasteiger partial charge < -0.3 is 24.6 Å². The SMILES string of the molecule is COc1ccc2c(c1C)CN(c1nc(C(C)C)cs1)C=C2OC1CC2C(=O)NC3(C(=O)N(C4CC4)S(=O)(=O)O)CC3/C=C\CCCCN(C)C(=O)C2C1. The van der Waals surface area contributed by atoms with Gasteiger partial charge in [-0.3, -0.25) is 18.9 Å². The van der Waals surface area contributed by atoms with Gasteiger partial charge in [0.05, 0.1) is 37.2 Å². The lowest BCUT2D eigenvalue weighted by Gasteiger charge is -2.30. The maximum absolute atomic E-state index is 14.4. The molecule has 0 spiro atoms. The number of hydrogen-bond donors (Lipinski definition) is 2. The Morgan fingerprint density at radius 3 is 2.60 bits per heavy atom. The van der Waals surface area contributed by atoms with E-state index in [1.807, 2.05) is 37.4 Å². The van der Waals surface area contributed by atoms with Crippen molar-refractivity contribution >= 4 is 50.3 Å². The summed E-state index contributed by atoms with van der Waals surface area (Å²) in [5.41, 5.74) is 2.38. The number of benzene rings is 1. The average molecular weight is 768 g/mol. The summed E-state index contributed by atoms with van der Waals surface area (Å²) in [5, 5.41) is 5.82. The summed E-state index contributed by atoms with van der Waals surface area (Å²) in [7, 11) is -1.46. The zero-order chi connectivity index (χ0) is 37.8. The molecule has 0 saturated heterocycles. The Balaban J connectivity index is 1.20. The Labute approximate surface area is 315 Å². The molecular weight excluding hydrogens is 719 g/mol. The average Bonchev–Trinajstić information content (AvgIpc) is 3.95.